The summed E-state index contributed by atoms with van der Waals surface area (Å²) in [7, 11) is 0. The SMILES string of the molecule is CC(C)CCNc1ncnc2ccc(-c3cccc(C(N)=O)c3)cc12. The van der Waals surface area contributed by atoms with E-state index in [4.69, 9.17) is 5.73 Å². The number of hydrogen-bond acceptors (Lipinski definition) is 4. The van der Waals surface area contributed by atoms with Crippen molar-refractivity contribution in [1.29, 1.82) is 0 Å². The van der Waals surface area contributed by atoms with E-state index in [0.29, 0.717) is 11.5 Å². The first-order valence-electron chi connectivity index (χ1n) is 8.43. The molecule has 25 heavy (non-hydrogen) atoms. The fourth-order valence-corrected chi connectivity index (χ4v) is 2.71. The van der Waals surface area contributed by atoms with E-state index in [9.17, 15) is 4.79 Å². The van der Waals surface area contributed by atoms with Gasteiger partial charge in [0.05, 0.1) is 5.52 Å². The molecule has 0 bridgehead atoms. The fourth-order valence-electron chi connectivity index (χ4n) is 2.71. The Kier molecular flexibility index (Phi) is 4.93. The van der Waals surface area contributed by atoms with Crippen LogP contribution in [0.2, 0.25) is 0 Å². The Labute approximate surface area is 147 Å². The van der Waals surface area contributed by atoms with Gasteiger partial charge in [0.1, 0.15) is 12.1 Å². The molecule has 0 saturated heterocycles. The van der Waals surface area contributed by atoms with Crippen molar-refractivity contribution in [2.24, 2.45) is 11.7 Å². The van der Waals surface area contributed by atoms with Crippen molar-refractivity contribution >= 4 is 22.6 Å². The number of benzene rings is 2. The van der Waals surface area contributed by atoms with Crippen LogP contribution in [0.5, 0.6) is 0 Å². The van der Waals surface area contributed by atoms with Gasteiger partial charge in [0.2, 0.25) is 5.91 Å². The van der Waals surface area contributed by atoms with Crippen LogP contribution in [0, 0.1) is 5.92 Å². The van der Waals surface area contributed by atoms with Gasteiger partial charge < -0.3 is 11.1 Å². The molecule has 0 aliphatic heterocycles. The lowest BCUT2D eigenvalue weighted by Gasteiger charge is -2.11. The summed E-state index contributed by atoms with van der Waals surface area (Å²) in [5.41, 5.74) is 8.71. The van der Waals surface area contributed by atoms with Crippen molar-refractivity contribution in [3.63, 3.8) is 0 Å². The molecule has 3 N–H and O–H groups in total. The topological polar surface area (TPSA) is 80.9 Å². The van der Waals surface area contributed by atoms with Gasteiger partial charge in [-0.1, -0.05) is 32.0 Å². The minimum atomic E-state index is -0.429. The molecule has 0 saturated carbocycles. The molecule has 1 amide bonds. The highest BCUT2D eigenvalue weighted by Gasteiger charge is 2.08. The highest BCUT2D eigenvalue weighted by Crippen LogP contribution is 2.27. The van der Waals surface area contributed by atoms with E-state index in [2.05, 4.69) is 29.1 Å². The number of aromatic nitrogens is 2. The number of nitrogens with zero attached hydrogens (tertiary/aromatic N) is 2. The molecule has 0 radical (unpaired) electrons. The van der Waals surface area contributed by atoms with Crippen LogP contribution in [-0.2, 0) is 0 Å². The zero-order valence-corrected chi connectivity index (χ0v) is 14.5. The summed E-state index contributed by atoms with van der Waals surface area (Å²) >= 11 is 0. The predicted octanol–water partition coefficient (Wildman–Crippen LogP) is 3.85. The molecule has 0 aliphatic carbocycles. The molecule has 2 aromatic carbocycles. The van der Waals surface area contributed by atoms with Crippen LogP contribution in [-0.4, -0.2) is 22.4 Å². The summed E-state index contributed by atoms with van der Waals surface area (Å²) in [4.78, 5) is 20.1. The maximum atomic E-state index is 11.4. The minimum absolute atomic E-state index is 0.429. The molecule has 3 rings (SSSR count). The van der Waals surface area contributed by atoms with E-state index in [1.165, 1.54) is 0 Å². The fraction of sp³-hybridized carbons (Fsp3) is 0.250. The van der Waals surface area contributed by atoms with E-state index in [0.717, 1.165) is 40.8 Å². The molecule has 0 fully saturated rings. The number of amides is 1. The molecular weight excluding hydrogens is 312 g/mol. The summed E-state index contributed by atoms with van der Waals surface area (Å²) in [5.74, 6) is 1.04. The Morgan fingerprint density at radius 1 is 1.12 bits per heavy atom. The summed E-state index contributed by atoms with van der Waals surface area (Å²) in [6.07, 6.45) is 2.65. The first kappa shape index (κ1) is 16.9. The Hall–Kier alpha value is -2.95. The number of carbonyl (C=O) groups is 1. The van der Waals surface area contributed by atoms with Crippen LogP contribution >= 0.6 is 0 Å². The van der Waals surface area contributed by atoms with Crippen LogP contribution in [0.15, 0.2) is 48.8 Å². The van der Waals surface area contributed by atoms with E-state index in [1.807, 2.05) is 30.3 Å². The molecule has 5 heteroatoms. The summed E-state index contributed by atoms with van der Waals surface area (Å²) in [5, 5.41) is 4.37. The van der Waals surface area contributed by atoms with Gasteiger partial charge in [-0.15, -0.1) is 0 Å². The third kappa shape index (κ3) is 3.94. The van der Waals surface area contributed by atoms with E-state index in [-0.39, 0.29) is 0 Å². The highest BCUT2D eigenvalue weighted by atomic mass is 16.1. The van der Waals surface area contributed by atoms with Crippen molar-refractivity contribution in [2.75, 3.05) is 11.9 Å². The normalized spacial score (nSPS) is 11.0. The smallest absolute Gasteiger partial charge is 0.248 e. The molecule has 0 spiro atoms. The Bertz CT molecular complexity index is 905. The van der Waals surface area contributed by atoms with Gasteiger partial charge in [0, 0.05) is 17.5 Å². The average molecular weight is 334 g/mol. The molecule has 5 nitrogen and oxygen atoms in total. The van der Waals surface area contributed by atoms with Gasteiger partial charge in [0.25, 0.3) is 0 Å². The summed E-state index contributed by atoms with van der Waals surface area (Å²) in [6, 6.07) is 13.3. The Morgan fingerprint density at radius 3 is 2.68 bits per heavy atom. The molecule has 0 atom stereocenters. The van der Waals surface area contributed by atoms with Gasteiger partial charge in [-0.25, -0.2) is 9.97 Å². The highest BCUT2D eigenvalue weighted by molar-refractivity contribution is 5.95. The quantitative estimate of drug-likeness (QED) is 0.717. The molecule has 0 aliphatic rings. The van der Waals surface area contributed by atoms with Crippen LogP contribution in [0.25, 0.3) is 22.0 Å². The Morgan fingerprint density at radius 2 is 1.92 bits per heavy atom. The second-order valence-corrected chi connectivity index (χ2v) is 6.51. The number of fused-ring (bicyclic) bond motifs is 1. The third-order valence-electron chi connectivity index (χ3n) is 4.13. The van der Waals surface area contributed by atoms with Gasteiger partial charge in [0.15, 0.2) is 0 Å². The average Bonchev–Trinajstić information content (AvgIpc) is 2.61. The van der Waals surface area contributed by atoms with Crippen molar-refractivity contribution in [3.05, 3.63) is 54.4 Å². The van der Waals surface area contributed by atoms with Gasteiger partial charge >= 0.3 is 0 Å². The number of nitrogens with one attached hydrogen (secondary N) is 1. The number of carbonyl (C=O) groups excluding carboxylic acids is 1. The van der Waals surface area contributed by atoms with Crippen molar-refractivity contribution in [3.8, 4) is 11.1 Å². The number of hydrogen-bond donors (Lipinski definition) is 2. The van der Waals surface area contributed by atoms with Gasteiger partial charge in [-0.3, -0.25) is 4.79 Å². The molecule has 128 valence electrons. The first-order valence-corrected chi connectivity index (χ1v) is 8.43. The van der Waals surface area contributed by atoms with Crippen molar-refractivity contribution < 1.29 is 4.79 Å². The lowest BCUT2D eigenvalue weighted by Crippen LogP contribution is -2.10. The Balaban J connectivity index is 1.98. The number of anilines is 1. The van der Waals surface area contributed by atoms with E-state index in [1.54, 1.807) is 18.5 Å². The van der Waals surface area contributed by atoms with Crippen LogP contribution in [0.4, 0.5) is 5.82 Å². The lowest BCUT2D eigenvalue weighted by atomic mass is 10.0. The van der Waals surface area contributed by atoms with E-state index < -0.39 is 5.91 Å². The third-order valence-corrected chi connectivity index (χ3v) is 4.13. The lowest BCUT2D eigenvalue weighted by molar-refractivity contribution is 0.100. The number of nitrogens with two attached hydrogens (primary N) is 1. The van der Waals surface area contributed by atoms with Crippen LogP contribution < -0.4 is 11.1 Å². The zero-order valence-electron chi connectivity index (χ0n) is 14.5. The number of primary amides is 1. The largest absolute Gasteiger partial charge is 0.369 e. The summed E-state index contributed by atoms with van der Waals surface area (Å²) < 4.78 is 0. The van der Waals surface area contributed by atoms with Crippen molar-refractivity contribution in [2.45, 2.75) is 20.3 Å². The minimum Gasteiger partial charge on any atom is -0.369 e. The predicted molar refractivity (Wildman–Crippen MR) is 101 cm³/mol. The maximum Gasteiger partial charge on any atom is 0.248 e. The van der Waals surface area contributed by atoms with Crippen LogP contribution in [0.3, 0.4) is 0 Å². The molecule has 0 unspecified atom stereocenters. The van der Waals surface area contributed by atoms with Crippen molar-refractivity contribution in [1.82, 2.24) is 9.97 Å². The van der Waals surface area contributed by atoms with Gasteiger partial charge in [-0.05, 0) is 47.7 Å². The second kappa shape index (κ2) is 7.30. The molecule has 1 heterocycles. The monoisotopic (exact) mass is 334 g/mol. The van der Waals surface area contributed by atoms with Crippen LogP contribution in [0.1, 0.15) is 30.6 Å². The van der Waals surface area contributed by atoms with Gasteiger partial charge in [-0.2, -0.15) is 0 Å². The molecule has 3 aromatic rings. The zero-order chi connectivity index (χ0) is 17.8. The maximum absolute atomic E-state index is 11.4. The second-order valence-electron chi connectivity index (χ2n) is 6.51. The summed E-state index contributed by atoms with van der Waals surface area (Å²) in [6.45, 7) is 5.26. The first-order chi connectivity index (χ1) is 12.0. The molecule has 1 aromatic heterocycles. The standard InChI is InChI=1S/C20H22N4O/c1-13(2)8-9-22-20-17-11-15(6-7-18(17)23-12-24-20)14-4-3-5-16(10-14)19(21)25/h3-7,10-13H,8-9H2,1-2H3,(H2,21,25)(H,22,23,24). The van der Waals surface area contributed by atoms with E-state index >= 15 is 0 Å². The molecular formula is C20H22N4O. The number of rotatable bonds is 6.